The molecule has 0 aliphatic carbocycles. The molecule has 154 valence electrons. The number of benzene rings is 2. The normalized spacial score (nSPS) is 15.7. The van der Waals surface area contributed by atoms with E-state index < -0.39 is 0 Å². The minimum Gasteiger partial charge on any atom is -0.497 e. The summed E-state index contributed by atoms with van der Waals surface area (Å²) in [5, 5.41) is 2.71. The fraction of sp³-hybridized carbons (Fsp3) is 0.364. The number of nitrogens with zero attached hydrogens (tertiary/aromatic N) is 1. The first-order valence-electron chi connectivity index (χ1n) is 9.51. The fourth-order valence-corrected chi connectivity index (χ4v) is 3.57. The number of carbonyl (C=O) groups excluding carboxylic acids is 2. The zero-order chi connectivity index (χ0) is 20.8. The van der Waals surface area contributed by atoms with Gasteiger partial charge in [0.15, 0.2) is 11.5 Å². The first-order valence-corrected chi connectivity index (χ1v) is 9.51. The highest BCUT2D eigenvalue weighted by Crippen LogP contribution is 2.32. The van der Waals surface area contributed by atoms with E-state index in [1.807, 2.05) is 29.2 Å². The number of carbonyl (C=O) groups is 2. The molecular weight excluding hydrogens is 372 g/mol. The number of likely N-dealkylation sites (tertiary alicyclic amines) is 1. The summed E-state index contributed by atoms with van der Waals surface area (Å²) in [6.07, 6.45) is 1.84. The smallest absolute Gasteiger partial charge is 0.251 e. The van der Waals surface area contributed by atoms with Crippen LogP contribution in [0.25, 0.3) is 0 Å². The van der Waals surface area contributed by atoms with E-state index in [0.29, 0.717) is 23.6 Å². The molecule has 3 rings (SSSR count). The van der Waals surface area contributed by atoms with E-state index in [1.54, 1.807) is 25.3 Å². The summed E-state index contributed by atoms with van der Waals surface area (Å²) in [5.41, 5.74) is 1.48. The number of amides is 2. The van der Waals surface area contributed by atoms with Gasteiger partial charge < -0.3 is 24.4 Å². The second kappa shape index (κ2) is 9.32. The molecule has 7 nitrogen and oxygen atoms in total. The lowest BCUT2D eigenvalue weighted by molar-refractivity contribution is -0.131. The highest BCUT2D eigenvalue weighted by molar-refractivity contribution is 5.97. The third-order valence-corrected chi connectivity index (χ3v) is 5.12. The van der Waals surface area contributed by atoms with Crippen LogP contribution in [-0.2, 0) is 4.79 Å². The van der Waals surface area contributed by atoms with E-state index in [-0.39, 0.29) is 24.4 Å². The Bertz CT molecular complexity index is 866. The molecule has 1 unspecified atom stereocenters. The first-order chi connectivity index (χ1) is 14.1. The van der Waals surface area contributed by atoms with Crippen molar-refractivity contribution in [3.63, 3.8) is 0 Å². The first kappa shape index (κ1) is 20.5. The third kappa shape index (κ3) is 4.62. The summed E-state index contributed by atoms with van der Waals surface area (Å²) in [6, 6.07) is 12.7. The molecule has 0 bridgehead atoms. The van der Waals surface area contributed by atoms with E-state index in [1.165, 1.54) is 14.2 Å². The molecule has 1 atom stereocenters. The van der Waals surface area contributed by atoms with E-state index in [4.69, 9.17) is 14.2 Å². The second-order valence-electron chi connectivity index (χ2n) is 6.77. The van der Waals surface area contributed by atoms with Crippen molar-refractivity contribution in [2.45, 2.75) is 18.9 Å². The van der Waals surface area contributed by atoms with E-state index in [2.05, 4.69) is 5.32 Å². The van der Waals surface area contributed by atoms with Gasteiger partial charge >= 0.3 is 0 Å². The van der Waals surface area contributed by atoms with Crippen LogP contribution >= 0.6 is 0 Å². The van der Waals surface area contributed by atoms with Crippen LogP contribution in [0.2, 0.25) is 0 Å². The van der Waals surface area contributed by atoms with Gasteiger partial charge in [0.2, 0.25) is 5.91 Å². The van der Waals surface area contributed by atoms with Crippen LogP contribution in [0, 0.1) is 0 Å². The maximum absolute atomic E-state index is 12.8. The van der Waals surface area contributed by atoms with Crippen LogP contribution in [0.4, 0.5) is 0 Å². The van der Waals surface area contributed by atoms with E-state index in [9.17, 15) is 9.59 Å². The lowest BCUT2D eigenvalue weighted by Gasteiger charge is -2.25. The maximum atomic E-state index is 12.8. The molecule has 2 amide bonds. The zero-order valence-corrected chi connectivity index (χ0v) is 16.9. The molecule has 1 aliphatic heterocycles. The summed E-state index contributed by atoms with van der Waals surface area (Å²) in [7, 11) is 4.67. The molecule has 0 spiro atoms. The molecule has 1 heterocycles. The predicted molar refractivity (Wildman–Crippen MR) is 109 cm³/mol. The molecule has 0 radical (unpaired) electrons. The van der Waals surface area contributed by atoms with E-state index in [0.717, 1.165) is 24.2 Å². The van der Waals surface area contributed by atoms with Gasteiger partial charge in [-0.2, -0.15) is 0 Å². The fourth-order valence-electron chi connectivity index (χ4n) is 3.57. The molecule has 1 fully saturated rings. The molecule has 2 aromatic rings. The van der Waals surface area contributed by atoms with E-state index >= 15 is 0 Å². The average Bonchev–Trinajstić information content (AvgIpc) is 3.26. The number of hydrogen-bond acceptors (Lipinski definition) is 5. The molecule has 1 saturated heterocycles. The topological polar surface area (TPSA) is 77.1 Å². The summed E-state index contributed by atoms with van der Waals surface area (Å²) >= 11 is 0. The van der Waals surface area contributed by atoms with Crippen LogP contribution in [0.3, 0.4) is 0 Å². The quantitative estimate of drug-likeness (QED) is 0.776. The van der Waals surface area contributed by atoms with Crippen LogP contribution in [0.1, 0.15) is 34.8 Å². The molecular formula is C22H26N2O5. The van der Waals surface area contributed by atoms with Crippen molar-refractivity contribution in [1.29, 1.82) is 0 Å². The Morgan fingerprint density at radius 1 is 1.00 bits per heavy atom. The molecule has 7 heteroatoms. The number of nitrogens with one attached hydrogen (secondary N) is 1. The second-order valence-corrected chi connectivity index (χ2v) is 6.77. The Balaban J connectivity index is 1.62. The van der Waals surface area contributed by atoms with Crippen LogP contribution in [0.15, 0.2) is 42.5 Å². The Morgan fingerprint density at radius 2 is 1.72 bits per heavy atom. The SMILES string of the molecule is COc1ccc(C2CCCN2C(=O)CNC(=O)c2ccc(OC)c(OC)c2)cc1. The number of ether oxygens (including phenoxy) is 3. The van der Waals surface area contributed by atoms with Gasteiger partial charge in [0.1, 0.15) is 5.75 Å². The van der Waals surface area contributed by atoms with Gasteiger partial charge in [-0.25, -0.2) is 0 Å². The summed E-state index contributed by atoms with van der Waals surface area (Å²) in [4.78, 5) is 27.0. The van der Waals surface area contributed by atoms with Crippen molar-refractivity contribution < 1.29 is 23.8 Å². The predicted octanol–water partition coefficient (Wildman–Crippen LogP) is 2.81. The van der Waals surface area contributed by atoms with Crippen molar-refractivity contribution >= 4 is 11.8 Å². The van der Waals surface area contributed by atoms with Gasteiger partial charge in [-0.3, -0.25) is 9.59 Å². The van der Waals surface area contributed by atoms with Crippen molar-refractivity contribution in [1.82, 2.24) is 10.2 Å². The van der Waals surface area contributed by atoms with Crippen molar-refractivity contribution in [3.05, 3.63) is 53.6 Å². The molecule has 1 aliphatic rings. The summed E-state index contributed by atoms with van der Waals surface area (Å²) < 4.78 is 15.6. The summed E-state index contributed by atoms with van der Waals surface area (Å²) in [6.45, 7) is 0.627. The molecule has 2 aromatic carbocycles. The van der Waals surface area contributed by atoms with Gasteiger partial charge in [0, 0.05) is 12.1 Å². The van der Waals surface area contributed by atoms with Crippen molar-refractivity contribution in [2.24, 2.45) is 0 Å². The number of methoxy groups -OCH3 is 3. The monoisotopic (exact) mass is 398 g/mol. The number of hydrogen-bond donors (Lipinski definition) is 1. The Morgan fingerprint density at radius 3 is 2.38 bits per heavy atom. The van der Waals surface area contributed by atoms with Gasteiger partial charge in [0.05, 0.1) is 33.9 Å². The Kier molecular flexibility index (Phi) is 6.59. The minimum absolute atomic E-state index is 0.0198. The average molecular weight is 398 g/mol. The molecule has 0 aromatic heterocycles. The Labute approximate surface area is 170 Å². The lowest BCUT2D eigenvalue weighted by atomic mass is 10.0. The van der Waals surface area contributed by atoms with Crippen LogP contribution in [-0.4, -0.2) is 51.1 Å². The minimum atomic E-state index is -0.334. The molecule has 1 N–H and O–H groups in total. The zero-order valence-electron chi connectivity index (χ0n) is 16.9. The Hall–Kier alpha value is -3.22. The molecule has 0 saturated carbocycles. The highest BCUT2D eigenvalue weighted by Gasteiger charge is 2.30. The molecule has 29 heavy (non-hydrogen) atoms. The van der Waals surface area contributed by atoms with Gasteiger partial charge in [-0.05, 0) is 48.7 Å². The summed E-state index contributed by atoms with van der Waals surface area (Å²) in [5.74, 6) is 1.36. The third-order valence-electron chi connectivity index (χ3n) is 5.12. The largest absolute Gasteiger partial charge is 0.497 e. The van der Waals surface area contributed by atoms with Crippen molar-refractivity contribution in [2.75, 3.05) is 34.4 Å². The van der Waals surface area contributed by atoms with Crippen molar-refractivity contribution in [3.8, 4) is 17.2 Å². The number of rotatable bonds is 7. The standard InChI is InChI=1S/C22H26N2O5/c1-27-17-9-6-15(7-10-17)18-5-4-12-24(18)21(25)14-23-22(26)16-8-11-19(28-2)20(13-16)29-3/h6-11,13,18H,4-5,12,14H2,1-3H3,(H,23,26). The van der Waals surface area contributed by atoms with Gasteiger partial charge in [0.25, 0.3) is 5.91 Å². The maximum Gasteiger partial charge on any atom is 0.251 e. The van der Waals surface area contributed by atoms with Crippen LogP contribution < -0.4 is 19.5 Å². The van der Waals surface area contributed by atoms with Crippen LogP contribution in [0.5, 0.6) is 17.2 Å². The van der Waals surface area contributed by atoms with Gasteiger partial charge in [-0.1, -0.05) is 12.1 Å². The van der Waals surface area contributed by atoms with Gasteiger partial charge in [-0.15, -0.1) is 0 Å². The lowest BCUT2D eigenvalue weighted by Crippen LogP contribution is -2.39. The highest BCUT2D eigenvalue weighted by atomic mass is 16.5.